The van der Waals surface area contributed by atoms with Gasteiger partial charge in [-0.3, -0.25) is 0 Å². The highest BCUT2D eigenvalue weighted by molar-refractivity contribution is 5.15. The quantitative estimate of drug-likeness (QED) is 0.616. The minimum Gasteiger partial charge on any atom is -0.373 e. The van der Waals surface area contributed by atoms with E-state index in [1.807, 2.05) is 12.1 Å². The molecule has 0 aliphatic carbocycles. The molecular weight excluding hydrogens is 256 g/mol. The van der Waals surface area contributed by atoms with E-state index >= 15 is 0 Å². The van der Waals surface area contributed by atoms with Crippen molar-refractivity contribution >= 4 is 0 Å². The summed E-state index contributed by atoms with van der Waals surface area (Å²) in [5.41, 5.74) is 2.58. The van der Waals surface area contributed by atoms with Gasteiger partial charge in [0.1, 0.15) is 0 Å². The van der Waals surface area contributed by atoms with Gasteiger partial charge < -0.3 is 4.74 Å². The predicted molar refractivity (Wildman–Crippen MR) is 89.1 cm³/mol. The third-order valence-electron chi connectivity index (χ3n) is 3.83. The van der Waals surface area contributed by atoms with Crippen LogP contribution in [0.1, 0.15) is 24.5 Å². The molecular formula is C20H24O. The van der Waals surface area contributed by atoms with Gasteiger partial charge in [-0.25, -0.2) is 0 Å². The van der Waals surface area contributed by atoms with Crippen LogP contribution in [-0.4, -0.2) is 6.10 Å². The summed E-state index contributed by atoms with van der Waals surface area (Å²) in [5.74, 6) is 0.359. The minimum atomic E-state index is 0.211. The first-order valence-corrected chi connectivity index (χ1v) is 7.61. The normalized spacial score (nSPS) is 13.6. The minimum absolute atomic E-state index is 0.211. The second-order valence-corrected chi connectivity index (χ2v) is 5.45. The molecule has 1 nitrogen and oxygen atoms in total. The van der Waals surface area contributed by atoms with E-state index in [1.165, 1.54) is 11.1 Å². The first kappa shape index (κ1) is 15.5. The average Bonchev–Trinajstić information content (AvgIpc) is 2.56. The van der Waals surface area contributed by atoms with Crippen LogP contribution >= 0.6 is 0 Å². The molecule has 0 amide bonds. The lowest BCUT2D eigenvalue weighted by Crippen LogP contribution is -2.21. The lowest BCUT2D eigenvalue weighted by Gasteiger charge is -2.22. The highest BCUT2D eigenvalue weighted by atomic mass is 16.5. The van der Waals surface area contributed by atoms with Crippen LogP contribution in [0.2, 0.25) is 0 Å². The summed E-state index contributed by atoms with van der Waals surface area (Å²) < 4.78 is 6.13. The monoisotopic (exact) mass is 280 g/mol. The number of benzene rings is 2. The van der Waals surface area contributed by atoms with Crippen LogP contribution in [0.4, 0.5) is 0 Å². The molecule has 2 aromatic carbocycles. The van der Waals surface area contributed by atoms with E-state index in [9.17, 15) is 0 Å². The Morgan fingerprint density at radius 3 is 2.10 bits per heavy atom. The zero-order valence-corrected chi connectivity index (χ0v) is 12.7. The molecule has 0 fully saturated rings. The van der Waals surface area contributed by atoms with Gasteiger partial charge in [-0.15, -0.1) is 6.58 Å². The Hall–Kier alpha value is -1.86. The van der Waals surface area contributed by atoms with Gasteiger partial charge in [-0.2, -0.15) is 0 Å². The molecule has 0 N–H and O–H groups in total. The van der Waals surface area contributed by atoms with E-state index in [-0.39, 0.29) is 6.10 Å². The van der Waals surface area contributed by atoms with Crippen molar-refractivity contribution in [2.75, 3.05) is 0 Å². The van der Waals surface area contributed by atoms with Gasteiger partial charge in [-0.1, -0.05) is 73.7 Å². The Morgan fingerprint density at radius 2 is 1.52 bits per heavy atom. The van der Waals surface area contributed by atoms with E-state index in [1.54, 1.807) is 0 Å². The average molecular weight is 280 g/mol. The smallest absolute Gasteiger partial charge is 0.0720 e. The Kier molecular flexibility index (Phi) is 6.23. The third-order valence-corrected chi connectivity index (χ3v) is 3.83. The Bertz CT molecular complexity index is 475. The van der Waals surface area contributed by atoms with Crippen molar-refractivity contribution < 1.29 is 4.74 Å². The fraction of sp³-hybridized carbons (Fsp3) is 0.300. The molecule has 0 aliphatic heterocycles. The maximum absolute atomic E-state index is 6.13. The Morgan fingerprint density at radius 1 is 0.952 bits per heavy atom. The van der Waals surface area contributed by atoms with Crippen LogP contribution in [0.5, 0.6) is 0 Å². The molecule has 2 atom stereocenters. The number of ether oxygens (including phenoxy) is 1. The third kappa shape index (κ3) is 5.20. The van der Waals surface area contributed by atoms with Crippen molar-refractivity contribution in [3.05, 3.63) is 84.4 Å². The SMILES string of the molecule is C=CC(C)C(CCc1ccccc1)OCc1ccccc1. The van der Waals surface area contributed by atoms with Gasteiger partial charge in [0.15, 0.2) is 0 Å². The van der Waals surface area contributed by atoms with E-state index in [0.717, 1.165) is 12.8 Å². The molecule has 0 bridgehead atoms. The Balaban J connectivity index is 1.90. The van der Waals surface area contributed by atoms with Crippen LogP contribution in [0.3, 0.4) is 0 Å². The molecule has 2 aromatic rings. The van der Waals surface area contributed by atoms with Crippen molar-refractivity contribution in [1.29, 1.82) is 0 Å². The fourth-order valence-electron chi connectivity index (χ4n) is 2.38. The Labute approximate surface area is 128 Å². The van der Waals surface area contributed by atoms with Crippen LogP contribution in [-0.2, 0) is 17.8 Å². The topological polar surface area (TPSA) is 9.23 Å². The van der Waals surface area contributed by atoms with Gasteiger partial charge in [0.25, 0.3) is 0 Å². The van der Waals surface area contributed by atoms with E-state index in [4.69, 9.17) is 4.74 Å². The van der Waals surface area contributed by atoms with Gasteiger partial charge in [0, 0.05) is 0 Å². The fourth-order valence-corrected chi connectivity index (χ4v) is 2.38. The number of rotatable bonds is 8. The summed E-state index contributed by atoms with van der Waals surface area (Å²) in [6.45, 7) is 6.75. The molecule has 110 valence electrons. The molecule has 0 saturated carbocycles. The second-order valence-electron chi connectivity index (χ2n) is 5.45. The van der Waals surface area contributed by atoms with Gasteiger partial charge in [-0.05, 0) is 29.9 Å². The molecule has 0 radical (unpaired) electrons. The van der Waals surface area contributed by atoms with Crippen molar-refractivity contribution in [2.45, 2.75) is 32.5 Å². The van der Waals surface area contributed by atoms with Crippen LogP contribution in [0, 0.1) is 5.92 Å². The van der Waals surface area contributed by atoms with Crippen molar-refractivity contribution in [3.8, 4) is 0 Å². The maximum atomic E-state index is 6.13. The molecule has 1 heteroatoms. The molecule has 2 unspecified atom stereocenters. The number of aryl methyl sites for hydroxylation is 1. The standard InChI is InChI=1S/C20H24O/c1-3-17(2)20(15-14-18-10-6-4-7-11-18)21-16-19-12-8-5-9-13-19/h3-13,17,20H,1,14-16H2,2H3. The summed E-state index contributed by atoms with van der Waals surface area (Å²) in [6.07, 6.45) is 4.26. The first-order valence-electron chi connectivity index (χ1n) is 7.61. The van der Waals surface area contributed by atoms with E-state index in [2.05, 4.69) is 68.1 Å². The summed E-state index contributed by atoms with van der Waals surface area (Å²) in [4.78, 5) is 0. The molecule has 0 saturated heterocycles. The summed E-state index contributed by atoms with van der Waals surface area (Å²) >= 11 is 0. The van der Waals surface area contributed by atoms with E-state index in [0.29, 0.717) is 12.5 Å². The first-order chi connectivity index (χ1) is 10.3. The van der Waals surface area contributed by atoms with Crippen LogP contribution in [0.25, 0.3) is 0 Å². The lowest BCUT2D eigenvalue weighted by atomic mass is 9.97. The van der Waals surface area contributed by atoms with Crippen molar-refractivity contribution in [1.82, 2.24) is 0 Å². The molecule has 21 heavy (non-hydrogen) atoms. The summed E-state index contributed by atoms with van der Waals surface area (Å²) in [6, 6.07) is 20.9. The summed E-state index contributed by atoms with van der Waals surface area (Å²) in [7, 11) is 0. The highest BCUT2D eigenvalue weighted by Crippen LogP contribution is 2.18. The second kappa shape index (κ2) is 8.43. The lowest BCUT2D eigenvalue weighted by molar-refractivity contribution is 0.0128. The van der Waals surface area contributed by atoms with Crippen molar-refractivity contribution in [2.24, 2.45) is 5.92 Å². The van der Waals surface area contributed by atoms with Gasteiger partial charge in [0.05, 0.1) is 12.7 Å². The molecule has 0 aliphatic rings. The largest absolute Gasteiger partial charge is 0.373 e. The van der Waals surface area contributed by atoms with E-state index < -0.39 is 0 Å². The molecule has 0 heterocycles. The molecule has 0 aromatic heterocycles. The van der Waals surface area contributed by atoms with Gasteiger partial charge >= 0.3 is 0 Å². The highest BCUT2D eigenvalue weighted by Gasteiger charge is 2.15. The molecule has 0 spiro atoms. The van der Waals surface area contributed by atoms with Gasteiger partial charge in [0.2, 0.25) is 0 Å². The maximum Gasteiger partial charge on any atom is 0.0720 e. The van der Waals surface area contributed by atoms with Crippen molar-refractivity contribution in [3.63, 3.8) is 0 Å². The zero-order chi connectivity index (χ0) is 14.9. The number of hydrogen-bond acceptors (Lipinski definition) is 1. The summed E-state index contributed by atoms with van der Waals surface area (Å²) in [5, 5.41) is 0. The predicted octanol–water partition coefficient (Wildman–Crippen LogP) is 5.03. The van der Waals surface area contributed by atoms with Crippen LogP contribution < -0.4 is 0 Å². The number of hydrogen-bond donors (Lipinski definition) is 0. The molecule has 2 rings (SSSR count). The zero-order valence-electron chi connectivity index (χ0n) is 12.7. The van der Waals surface area contributed by atoms with Crippen LogP contribution in [0.15, 0.2) is 73.3 Å².